The van der Waals surface area contributed by atoms with E-state index in [0.717, 1.165) is 0 Å². The van der Waals surface area contributed by atoms with E-state index < -0.39 is 35.8 Å². The first-order valence-corrected chi connectivity index (χ1v) is 6.64. The fourth-order valence-corrected chi connectivity index (χ4v) is 2.09. The summed E-state index contributed by atoms with van der Waals surface area (Å²) in [6, 6.07) is -1.62. The van der Waals surface area contributed by atoms with Crippen LogP contribution in [0.25, 0.3) is 0 Å². The number of amides is 2. The summed E-state index contributed by atoms with van der Waals surface area (Å²) in [6.07, 6.45) is 0.719. The lowest BCUT2D eigenvalue weighted by atomic mass is 10.0. The number of hydrogen-bond donors (Lipinski definition) is 2. The van der Waals surface area contributed by atoms with Gasteiger partial charge in [0.2, 0.25) is 11.8 Å². The van der Waals surface area contributed by atoms with Crippen LogP contribution in [0.4, 0.5) is 0 Å². The smallest absolute Gasteiger partial charge is 0.328 e. The zero-order valence-corrected chi connectivity index (χ0v) is 12.3. The molecule has 8 nitrogen and oxygen atoms in total. The standard InChI is InChI=1S/C13H20N2O6/c1-7(12(18)20-2)6-9(13(19)21-3)15-11(17)8-4-5-10(16)14-8/h7-9H,4-6H2,1-3H3,(H,14,16)(H,15,17)/t7-,8+,9+/m1/s1. The maximum atomic E-state index is 12.0. The van der Waals surface area contributed by atoms with Gasteiger partial charge in [0.05, 0.1) is 20.1 Å². The maximum absolute atomic E-state index is 12.0. The van der Waals surface area contributed by atoms with Crippen LogP contribution in [0.3, 0.4) is 0 Å². The van der Waals surface area contributed by atoms with Gasteiger partial charge in [-0.25, -0.2) is 4.79 Å². The lowest BCUT2D eigenvalue weighted by molar-refractivity contribution is -0.149. The lowest BCUT2D eigenvalue weighted by Gasteiger charge is -2.21. The summed E-state index contributed by atoms with van der Waals surface area (Å²) in [5, 5.41) is 5.01. The molecule has 1 heterocycles. The first kappa shape index (κ1) is 16.9. The van der Waals surface area contributed by atoms with Crippen molar-refractivity contribution in [2.75, 3.05) is 14.2 Å². The highest BCUT2D eigenvalue weighted by Gasteiger charge is 2.32. The third-order valence-corrected chi connectivity index (χ3v) is 3.31. The molecule has 0 bridgehead atoms. The van der Waals surface area contributed by atoms with Crippen LogP contribution >= 0.6 is 0 Å². The molecule has 0 unspecified atom stereocenters. The first-order chi connectivity index (χ1) is 9.88. The molecule has 0 aromatic carbocycles. The van der Waals surface area contributed by atoms with Crippen LogP contribution in [0.5, 0.6) is 0 Å². The molecule has 0 spiro atoms. The number of rotatable bonds is 6. The summed E-state index contributed by atoms with van der Waals surface area (Å²) in [4.78, 5) is 46.2. The highest BCUT2D eigenvalue weighted by Crippen LogP contribution is 2.11. The molecule has 118 valence electrons. The van der Waals surface area contributed by atoms with Gasteiger partial charge in [-0.1, -0.05) is 6.92 Å². The molecule has 8 heteroatoms. The van der Waals surface area contributed by atoms with Gasteiger partial charge in [-0.3, -0.25) is 14.4 Å². The summed E-state index contributed by atoms with van der Waals surface area (Å²) < 4.78 is 9.20. The van der Waals surface area contributed by atoms with E-state index in [4.69, 9.17) is 0 Å². The van der Waals surface area contributed by atoms with E-state index >= 15 is 0 Å². The van der Waals surface area contributed by atoms with Gasteiger partial charge in [0, 0.05) is 6.42 Å². The molecule has 21 heavy (non-hydrogen) atoms. The minimum Gasteiger partial charge on any atom is -0.469 e. The van der Waals surface area contributed by atoms with Crippen molar-refractivity contribution in [2.24, 2.45) is 5.92 Å². The number of ether oxygens (including phenoxy) is 2. The summed E-state index contributed by atoms with van der Waals surface area (Å²) >= 11 is 0. The predicted octanol–water partition coefficient (Wildman–Crippen LogP) is -0.878. The van der Waals surface area contributed by atoms with Crippen molar-refractivity contribution in [1.29, 1.82) is 0 Å². The van der Waals surface area contributed by atoms with Gasteiger partial charge in [-0.05, 0) is 12.8 Å². The Morgan fingerprint density at radius 3 is 2.38 bits per heavy atom. The molecule has 0 radical (unpaired) electrons. The molecule has 1 saturated heterocycles. The van der Waals surface area contributed by atoms with Crippen LogP contribution in [0.2, 0.25) is 0 Å². The number of carbonyl (C=O) groups is 4. The van der Waals surface area contributed by atoms with Crippen LogP contribution in [0.1, 0.15) is 26.2 Å². The zero-order valence-electron chi connectivity index (χ0n) is 12.3. The van der Waals surface area contributed by atoms with Crippen LogP contribution in [-0.4, -0.2) is 50.1 Å². The Bertz CT molecular complexity index is 436. The van der Waals surface area contributed by atoms with Crippen LogP contribution in [-0.2, 0) is 28.7 Å². The average Bonchev–Trinajstić information content (AvgIpc) is 2.91. The number of esters is 2. The van der Waals surface area contributed by atoms with Gasteiger partial charge >= 0.3 is 11.9 Å². The predicted molar refractivity (Wildman–Crippen MR) is 70.9 cm³/mol. The van der Waals surface area contributed by atoms with E-state index in [-0.39, 0.29) is 18.7 Å². The maximum Gasteiger partial charge on any atom is 0.328 e. The summed E-state index contributed by atoms with van der Waals surface area (Å²) in [7, 11) is 2.44. The van der Waals surface area contributed by atoms with E-state index in [1.54, 1.807) is 6.92 Å². The van der Waals surface area contributed by atoms with E-state index in [0.29, 0.717) is 6.42 Å². The third-order valence-electron chi connectivity index (χ3n) is 3.31. The minimum absolute atomic E-state index is 0.0613. The van der Waals surface area contributed by atoms with Crippen molar-refractivity contribution in [1.82, 2.24) is 10.6 Å². The highest BCUT2D eigenvalue weighted by molar-refractivity contribution is 5.93. The zero-order chi connectivity index (χ0) is 16.0. The molecule has 3 atom stereocenters. The van der Waals surface area contributed by atoms with Crippen molar-refractivity contribution in [3.8, 4) is 0 Å². The van der Waals surface area contributed by atoms with Gasteiger partial charge in [0.1, 0.15) is 12.1 Å². The van der Waals surface area contributed by atoms with Gasteiger partial charge in [0.25, 0.3) is 0 Å². The largest absolute Gasteiger partial charge is 0.469 e. The summed E-state index contributed by atoms with van der Waals surface area (Å²) in [5.41, 5.74) is 0. The van der Waals surface area contributed by atoms with Gasteiger partial charge in [-0.2, -0.15) is 0 Å². The van der Waals surface area contributed by atoms with E-state index in [1.165, 1.54) is 14.2 Å². The molecule has 2 amide bonds. The number of carbonyl (C=O) groups excluding carboxylic acids is 4. The van der Waals surface area contributed by atoms with Crippen molar-refractivity contribution in [3.05, 3.63) is 0 Å². The van der Waals surface area contributed by atoms with E-state index in [9.17, 15) is 19.2 Å². The van der Waals surface area contributed by atoms with Gasteiger partial charge in [0.15, 0.2) is 0 Å². The fraction of sp³-hybridized carbons (Fsp3) is 0.692. The second-order valence-electron chi connectivity index (χ2n) is 4.90. The molecule has 0 aliphatic carbocycles. The first-order valence-electron chi connectivity index (χ1n) is 6.64. The van der Waals surface area contributed by atoms with Crippen LogP contribution in [0.15, 0.2) is 0 Å². The number of methoxy groups -OCH3 is 2. The lowest BCUT2D eigenvalue weighted by Crippen LogP contribution is -2.50. The molecular formula is C13H20N2O6. The normalized spacial score (nSPS) is 20.1. The fourth-order valence-electron chi connectivity index (χ4n) is 2.09. The number of nitrogens with one attached hydrogen (secondary N) is 2. The Morgan fingerprint density at radius 2 is 1.90 bits per heavy atom. The van der Waals surface area contributed by atoms with Gasteiger partial charge < -0.3 is 20.1 Å². The molecule has 0 aromatic rings. The Labute approximate surface area is 122 Å². The van der Waals surface area contributed by atoms with E-state index in [1.807, 2.05) is 0 Å². The Morgan fingerprint density at radius 1 is 1.29 bits per heavy atom. The minimum atomic E-state index is -0.964. The highest BCUT2D eigenvalue weighted by atomic mass is 16.5. The molecular weight excluding hydrogens is 280 g/mol. The van der Waals surface area contributed by atoms with Crippen molar-refractivity contribution >= 4 is 23.8 Å². The monoisotopic (exact) mass is 300 g/mol. The van der Waals surface area contributed by atoms with Crippen molar-refractivity contribution in [2.45, 2.75) is 38.3 Å². The van der Waals surface area contributed by atoms with Crippen molar-refractivity contribution in [3.63, 3.8) is 0 Å². The molecule has 2 N–H and O–H groups in total. The Balaban J connectivity index is 2.65. The van der Waals surface area contributed by atoms with Crippen LogP contribution in [0, 0.1) is 5.92 Å². The second kappa shape index (κ2) is 7.61. The average molecular weight is 300 g/mol. The van der Waals surface area contributed by atoms with Crippen molar-refractivity contribution < 1.29 is 28.7 Å². The third kappa shape index (κ3) is 4.73. The summed E-state index contributed by atoms with van der Waals surface area (Å²) in [6.45, 7) is 1.59. The topological polar surface area (TPSA) is 111 Å². The second-order valence-corrected chi connectivity index (χ2v) is 4.90. The van der Waals surface area contributed by atoms with Gasteiger partial charge in [-0.15, -0.1) is 0 Å². The Hall–Kier alpha value is -2.12. The SMILES string of the molecule is COC(=O)[C@H](C)C[C@H](NC(=O)[C@@H]1CCC(=O)N1)C(=O)OC. The molecule has 1 fully saturated rings. The number of hydrogen-bond acceptors (Lipinski definition) is 6. The van der Waals surface area contributed by atoms with Crippen LogP contribution < -0.4 is 10.6 Å². The molecule has 1 aliphatic rings. The molecule has 0 aromatic heterocycles. The molecule has 1 rings (SSSR count). The summed E-state index contributed by atoms with van der Waals surface area (Å²) in [5.74, 6) is -2.37. The quantitative estimate of drug-likeness (QED) is 0.616. The molecule has 0 saturated carbocycles. The molecule has 1 aliphatic heterocycles. The Kier molecular flexibility index (Phi) is 6.13. The van der Waals surface area contributed by atoms with E-state index in [2.05, 4.69) is 20.1 Å².